The van der Waals surface area contributed by atoms with Gasteiger partial charge in [-0.3, -0.25) is 24.6 Å². The first kappa shape index (κ1) is 25.7. The van der Waals surface area contributed by atoms with Crippen molar-refractivity contribution in [2.45, 2.75) is 13.3 Å². The molecule has 1 aliphatic heterocycles. The van der Waals surface area contributed by atoms with Gasteiger partial charge in [-0.2, -0.15) is 10.4 Å². The Morgan fingerprint density at radius 3 is 2.35 bits per heavy atom. The second kappa shape index (κ2) is 10.7. The van der Waals surface area contributed by atoms with Crippen molar-refractivity contribution in [3.63, 3.8) is 0 Å². The number of aryl methyl sites for hydroxylation is 1. The fraction of sp³-hybridized carbons (Fsp3) is 0.192. The van der Waals surface area contributed by atoms with E-state index in [1.807, 2.05) is 37.1 Å². The van der Waals surface area contributed by atoms with E-state index in [9.17, 15) is 25.0 Å². The number of rotatable bonds is 8. The summed E-state index contributed by atoms with van der Waals surface area (Å²) in [5, 5.41) is 28.8. The highest BCUT2D eigenvalue weighted by molar-refractivity contribution is 9.10. The summed E-state index contributed by atoms with van der Waals surface area (Å²) < 4.78 is 0.300. The predicted molar refractivity (Wildman–Crippen MR) is 141 cm³/mol. The van der Waals surface area contributed by atoms with Crippen molar-refractivity contribution >= 4 is 50.5 Å². The Labute approximate surface area is 221 Å². The molecule has 0 atom stereocenters. The number of halogens is 1. The molecule has 0 aliphatic carbocycles. The highest BCUT2D eigenvalue weighted by Crippen LogP contribution is 2.35. The van der Waals surface area contributed by atoms with Gasteiger partial charge in [0.1, 0.15) is 11.8 Å². The number of nitro benzene ring substituents is 1. The lowest BCUT2D eigenvalue weighted by atomic mass is 10.1. The van der Waals surface area contributed by atoms with E-state index in [-0.39, 0.29) is 28.8 Å². The monoisotopic (exact) mass is 560 g/mol. The molecule has 2 amide bonds. The van der Waals surface area contributed by atoms with Gasteiger partial charge in [-0.15, -0.1) is 5.11 Å². The summed E-state index contributed by atoms with van der Waals surface area (Å²) in [4.78, 5) is 38.8. The van der Waals surface area contributed by atoms with Crippen LogP contribution in [0.1, 0.15) is 38.3 Å². The number of imide groups is 1. The molecule has 0 fully saturated rings. The Morgan fingerprint density at radius 2 is 1.76 bits per heavy atom. The largest absolute Gasteiger partial charge is 0.375 e. The van der Waals surface area contributed by atoms with Gasteiger partial charge >= 0.3 is 0 Å². The summed E-state index contributed by atoms with van der Waals surface area (Å²) in [6.45, 7) is 2.82. The van der Waals surface area contributed by atoms with Crippen molar-refractivity contribution in [3.05, 3.63) is 91.4 Å². The molecule has 0 bridgehead atoms. The average molecular weight is 561 g/mol. The molecule has 10 nitrogen and oxygen atoms in total. The van der Waals surface area contributed by atoms with Crippen LogP contribution in [0.15, 0.2) is 69.3 Å². The number of carbonyl (C=O) groups is 2. The summed E-state index contributed by atoms with van der Waals surface area (Å²) >= 11 is 3.23. The molecule has 0 saturated carbocycles. The molecule has 0 radical (unpaired) electrons. The molecule has 4 rings (SSSR count). The van der Waals surface area contributed by atoms with Crippen molar-refractivity contribution in [2.75, 3.05) is 25.0 Å². The fourth-order valence-corrected chi connectivity index (χ4v) is 4.53. The van der Waals surface area contributed by atoms with Gasteiger partial charge in [-0.05, 0) is 65.2 Å². The summed E-state index contributed by atoms with van der Waals surface area (Å²) in [5.74, 6) is -0.513. The van der Waals surface area contributed by atoms with Gasteiger partial charge in [0, 0.05) is 38.0 Å². The van der Waals surface area contributed by atoms with E-state index >= 15 is 0 Å². The Morgan fingerprint density at radius 1 is 1.08 bits per heavy atom. The first-order valence-corrected chi connectivity index (χ1v) is 12.1. The molecule has 186 valence electrons. The van der Waals surface area contributed by atoms with Crippen LogP contribution < -0.4 is 4.90 Å². The number of non-ortho nitro benzene ring substituents is 1. The van der Waals surface area contributed by atoms with Crippen LogP contribution >= 0.6 is 15.9 Å². The van der Waals surface area contributed by atoms with Crippen LogP contribution in [0.4, 0.5) is 22.7 Å². The van der Waals surface area contributed by atoms with Gasteiger partial charge in [0.25, 0.3) is 17.5 Å². The Balaban J connectivity index is 1.41. The molecule has 0 unspecified atom stereocenters. The third-order valence-corrected chi connectivity index (χ3v) is 6.62. The van der Waals surface area contributed by atoms with Crippen LogP contribution in [-0.2, 0) is 0 Å². The molecule has 0 spiro atoms. The van der Waals surface area contributed by atoms with Crippen LogP contribution in [-0.4, -0.2) is 41.8 Å². The molecule has 11 heteroatoms. The number of amides is 2. The van der Waals surface area contributed by atoms with Crippen LogP contribution in [0.25, 0.3) is 0 Å². The third kappa shape index (κ3) is 5.24. The number of nitro groups is 1. The number of fused-ring (bicyclic) bond motifs is 1. The smallest absolute Gasteiger partial charge is 0.272 e. The van der Waals surface area contributed by atoms with E-state index in [0.29, 0.717) is 40.8 Å². The minimum absolute atomic E-state index is 0.0388. The Bertz CT molecular complexity index is 1460. The van der Waals surface area contributed by atoms with Gasteiger partial charge in [0.15, 0.2) is 0 Å². The lowest BCUT2D eigenvalue weighted by Crippen LogP contribution is -2.32. The molecule has 1 aliphatic rings. The van der Waals surface area contributed by atoms with Gasteiger partial charge in [0.05, 0.1) is 31.8 Å². The van der Waals surface area contributed by atoms with Crippen molar-refractivity contribution in [2.24, 2.45) is 10.2 Å². The number of benzene rings is 3. The predicted octanol–water partition coefficient (Wildman–Crippen LogP) is 6.08. The van der Waals surface area contributed by atoms with E-state index in [4.69, 9.17) is 0 Å². The summed E-state index contributed by atoms with van der Waals surface area (Å²) in [5.41, 5.74) is 3.27. The third-order valence-electron chi connectivity index (χ3n) is 6.01. The quantitative estimate of drug-likeness (QED) is 0.142. The Hall–Kier alpha value is -4.43. The maximum absolute atomic E-state index is 12.5. The zero-order valence-electron chi connectivity index (χ0n) is 20.0. The van der Waals surface area contributed by atoms with Crippen LogP contribution in [0, 0.1) is 28.4 Å². The highest BCUT2D eigenvalue weighted by atomic mass is 79.9. The lowest BCUT2D eigenvalue weighted by molar-refractivity contribution is -0.384. The molecule has 0 saturated heterocycles. The SMILES string of the molecule is Cc1cc(N(C)CCCN2C(=O)c3ccccc3C2=O)ccc1/N=N/c1c(Br)cc([N+](=O)[O-])cc1C#N. The van der Waals surface area contributed by atoms with Crippen molar-refractivity contribution in [1.82, 2.24) is 4.90 Å². The van der Waals surface area contributed by atoms with Gasteiger partial charge in [-0.1, -0.05) is 12.1 Å². The number of carbonyl (C=O) groups excluding carboxylic acids is 2. The number of nitrogens with zero attached hydrogens (tertiary/aromatic N) is 6. The van der Waals surface area contributed by atoms with Crippen molar-refractivity contribution in [3.8, 4) is 6.07 Å². The van der Waals surface area contributed by atoms with E-state index < -0.39 is 4.92 Å². The van der Waals surface area contributed by atoms with E-state index in [2.05, 4.69) is 26.2 Å². The van der Waals surface area contributed by atoms with E-state index in [1.165, 1.54) is 11.0 Å². The first-order valence-electron chi connectivity index (χ1n) is 11.3. The zero-order valence-corrected chi connectivity index (χ0v) is 21.6. The minimum atomic E-state index is -0.578. The Kier molecular flexibility index (Phi) is 7.40. The molecule has 3 aromatic carbocycles. The molecular formula is C26H21BrN6O4. The zero-order chi connectivity index (χ0) is 26.7. The second-order valence-electron chi connectivity index (χ2n) is 8.45. The molecule has 1 heterocycles. The number of azo groups is 1. The fourth-order valence-electron chi connectivity index (χ4n) is 4.01. The second-order valence-corrected chi connectivity index (χ2v) is 9.30. The summed E-state index contributed by atoms with van der Waals surface area (Å²) in [7, 11) is 1.92. The van der Waals surface area contributed by atoms with Crippen molar-refractivity contribution < 1.29 is 14.5 Å². The maximum Gasteiger partial charge on any atom is 0.272 e. The van der Waals surface area contributed by atoms with Gasteiger partial charge in [-0.25, -0.2) is 0 Å². The van der Waals surface area contributed by atoms with Crippen LogP contribution in [0.3, 0.4) is 0 Å². The molecule has 0 N–H and O–H groups in total. The number of anilines is 1. The summed E-state index contributed by atoms with van der Waals surface area (Å²) in [6, 6.07) is 16.8. The van der Waals surface area contributed by atoms with E-state index in [0.717, 1.165) is 17.3 Å². The molecule has 3 aromatic rings. The molecule has 0 aromatic heterocycles. The average Bonchev–Trinajstić information content (AvgIpc) is 3.13. The van der Waals surface area contributed by atoms with Gasteiger partial charge in [0.2, 0.25) is 0 Å². The highest BCUT2D eigenvalue weighted by Gasteiger charge is 2.34. The number of hydrogen-bond donors (Lipinski definition) is 0. The normalized spacial score (nSPS) is 12.6. The van der Waals surface area contributed by atoms with Crippen LogP contribution in [0.5, 0.6) is 0 Å². The van der Waals surface area contributed by atoms with Crippen LogP contribution in [0.2, 0.25) is 0 Å². The number of hydrogen-bond acceptors (Lipinski definition) is 8. The van der Waals surface area contributed by atoms with Gasteiger partial charge < -0.3 is 4.90 Å². The maximum atomic E-state index is 12.5. The van der Waals surface area contributed by atoms with E-state index in [1.54, 1.807) is 30.3 Å². The molecule has 37 heavy (non-hydrogen) atoms. The van der Waals surface area contributed by atoms with Crippen molar-refractivity contribution in [1.29, 1.82) is 5.26 Å². The summed E-state index contributed by atoms with van der Waals surface area (Å²) in [6.07, 6.45) is 0.605. The standard InChI is InChI=1S/C26H21BrN6O4/c1-16-12-18(31(2)10-5-11-32-25(34)20-6-3-4-7-21(20)26(32)35)8-9-23(16)29-30-24-17(15-28)13-19(33(36)37)14-22(24)27/h3-4,6-9,12-14H,5,10-11H2,1-2H3/b30-29+. The topological polar surface area (TPSA) is 132 Å². The molecular weight excluding hydrogens is 540 g/mol. The number of nitriles is 1. The minimum Gasteiger partial charge on any atom is -0.375 e. The first-order chi connectivity index (χ1) is 17.7. The lowest BCUT2D eigenvalue weighted by Gasteiger charge is -2.21.